The van der Waals surface area contributed by atoms with E-state index in [0.717, 1.165) is 56.0 Å². The SMILES string of the molecule is Cl.Cl.OC(CCN1CCN(CCOC(c2ccc(F)cc2)c2ccc(F)cc2)CC1)c1ccc(F)cc1. The van der Waals surface area contributed by atoms with Gasteiger partial charge in [-0.15, -0.1) is 24.8 Å². The van der Waals surface area contributed by atoms with Crippen molar-refractivity contribution >= 4 is 24.8 Å². The second-order valence-corrected chi connectivity index (χ2v) is 8.89. The van der Waals surface area contributed by atoms with Crippen molar-refractivity contribution in [2.45, 2.75) is 18.6 Å². The van der Waals surface area contributed by atoms with Gasteiger partial charge in [0.2, 0.25) is 0 Å². The van der Waals surface area contributed by atoms with Gasteiger partial charge in [-0.25, -0.2) is 13.2 Å². The number of aliphatic hydroxyl groups excluding tert-OH is 1. The van der Waals surface area contributed by atoms with E-state index in [0.29, 0.717) is 13.0 Å². The van der Waals surface area contributed by atoms with Gasteiger partial charge in [0.25, 0.3) is 0 Å². The Bertz CT molecular complexity index is 1000. The van der Waals surface area contributed by atoms with Crippen molar-refractivity contribution in [1.29, 1.82) is 0 Å². The van der Waals surface area contributed by atoms with Gasteiger partial charge < -0.3 is 14.7 Å². The van der Waals surface area contributed by atoms with Crippen LogP contribution in [-0.4, -0.2) is 60.8 Å². The van der Waals surface area contributed by atoms with Crippen LogP contribution in [0.2, 0.25) is 0 Å². The Kier molecular flexibility index (Phi) is 12.9. The number of benzene rings is 3. The molecule has 202 valence electrons. The Morgan fingerprint density at radius 3 is 1.43 bits per heavy atom. The highest BCUT2D eigenvalue weighted by atomic mass is 35.5. The summed E-state index contributed by atoms with van der Waals surface area (Å²) in [5, 5.41) is 10.4. The van der Waals surface area contributed by atoms with Crippen LogP contribution in [0.25, 0.3) is 0 Å². The number of ether oxygens (including phenoxy) is 1. The second kappa shape index (κ2) is 15.3. The quantitative estimate of drug-likeness (QED) is 0.342. The van der Waals surface area contributed by atoms with Gasteiger partial charge in [0.1, 0.15) is 23.6 Å². The lowest BCUT2D eigenvalue weighted by molar-refractivity contribution is 0.0426. The summed E-state index contributed by atoms with van der Waals surface area (Å²) in [6.07, 6.45) is -0.395. The molecule has 1 N–H and O–H groups in total. The first-order chi connectivity index (χ1) is 17.0. The fraction of sp³-hybridized carbons (Fsp3) is 0.357. The van der Waals surface area contributed by atoms with E-state index in [1.54, 1.807) is 36.4 Å². The van der Waals surface area contributed by atoms with Crippen molar-refractivity contribution in [3.63, 3.8) is 0 Å². The molecule has 0 spiro atoms. The van der Waals surface area contributed by atoms with E-state index in [2.05, 4.69) is 9.80 Å². The number of rotatable bonds is 10. The second-order valence-electron chi connectivity index (χ2n) is 8.89. The fourth-order valence-corrected chi connectivity index (χ4v) is 4.35. The van der Waals surface area contributed by atoms with Crippen molar-refractivity contribution in [3.8, 4) is 0 Å². The molecule has 0 aliphatic carbocycles. The van der Waals surface area contributed by atoms with Gasteiger partial charge in [-0.3, -0.25) is 4.90 Å². The van der Waals surface area contributed by atoms with Gasteiger partial charge in [-0.2, -0.15) is 0 Å². The molecule has 1 fully saturated rings. The van der Waals surface area contributed by atoms with Crippen LogP contribution >= 0.6 is 24.8 Å². The highest BCUT2D eigenvalue weighted by molar-refractivity contribution is 5.85. The third-order valence-corrected chi connectivity index (χ3v) is 6.48. The summed E-state index contributed by atoms with van der Waals surface area (Å²) >= 11 is 0. The van der Waals surface area contributed by atoms with Gasteiger partial charge in [0.15, 0.2) is 0 Å². The summed E-state index contributed by atoms with van der Waals surface area (Å²) in [5.41, 5.74) is 2.38. The fourth-order valence-electron chi connectivity index (χ4n) is 4.35. The molecular weight excluding hydrogens is 524 g/mol. The average molecular weight is 557 g/mol. The predicted molar refractivity (Wildman–Crippen MR) is 144 cm³/mol. The molecule has 37 heavy (non-hydrogen) atoms. The van der Waals surface area contributed by atoms with Crippen LogP contribution in [0.3, 0.4) is 0 Å². The molecule has 1 heterocycles. The van der Waals surface area contributed by atoms with Crippen LogP contribution in [0.15, 0.2) is 72.8 Å². The maximum Gasteiger partial charge on any atom is 0.123 e. The van der Waals surface area contributed by atoms with Crippen LogP contribution in [0.5, 0.6) is 0 Å². The topological polar surface area (TPSA) is 35.9 Å². The van der Waals surface area contributed by atoms with Gasteiger partial charge in [-0.05, 0) is 59.5 Å². The molecule has 1 atom stereocenters. The lowest BCUT2D eigenvalue weighted by Gasteiger charge is -2.35. The number of piperazine rings is 1. The van der Waals surface area contributed by atoms with Gasteiger partial charge >= 0.3 is 0 Å². The molecule has 3 aromatic carbocycles. The molecule has 4 rings (SSSR count). The minimum absolute atomic E-state index is 0. The van der Waals surface area contributed by atoms with E-state index in [9.17, 15) is 18.3 Å². The number of hydrogen-bond acceptors (Lipinski definition) is 4. The molecule has 1 aliphatic rings. The average Bonchev–Trinajstić information content (AvgIpc) is 2.88. The minimum atomic E-state index is -0.600. The van der Waals surface area contributed by atoms with E-state index in [1.807, 2.05) is 0 Å². The standard InChI is InChI=1S/C28H31F3N2O2.2ClH/c29-24-7-1-21(2-8-24)27(34)13-14-32-15-17-33(18-16-32)19-20-35-28(22-3-9-25(30)10-4-22)23-5-11-26(31)12-6-23;;/h1-12,27-28,34H,13-20H2;2*1H. The van der Waals surface area contributed by atoms with Crippen molar-refractivity contribution in [3.05, 3.63) is 107 Å². The maximum absolute atomic E-state index is 13.4. The molecule has 9 heteroatoms. The Labute approximate surface area is 228 Å². The number of aliphatic hydroxyl groups is 1. The molecule has 3 aromatic rings. The van der Waals surface area contributed by atoms with Crippen molar-refractivity contribution in [2.24, 2.45) is 0 Å². The minimum Gasteiger partial charge on any atom is -0.388 e. The van der Waals surface area contributed by atoms with Crippen LogP contribution in [0.4, 0.5) is 13.2 Å². The zero-order valence-corrected chi connectivity index (χ0v) is 22.1. The van der Waals surface area contributed by atoms with Crippen molar-refractivity contribution in [2.75, 3.05) is 45.9 Å². The highest BCUT2D eigenvalue weighted by Gasteiger charge is 2.20. The first kappa shape index (κ1) is 31.1. The first-order valence-corrected chi connectivity index (χ1v) is 12.0. The van der Waals surface area contributed by atoms with Gasteiger partial charge in [-0.1, -0.05) is 36.4 Å². The monoisotopic (exact) mass is 556 g/mol. The van der Waals surface area contributed by atoms with Gasteiger partial charge in [0, 0.05) is 39.3 Å². The smallest absolute Gasteiger partial charge is 0.123 e. The third kappa shape index (κ3) is 9.28. The molecule has 0 bridgehead atoms. The third-order valence-electron chi connectivity index (χ3n) is 6.48. The molecule has 1 unspecified atom stereocenters. The normalized spacial score (nSPS) is 15.2. The first-order valence-electron chi connectivity index (χ1n) is 12.0. The zero-order valence-electron chi connectivity index (χ0n) is 20.4. The van der Waals surface area contributed by atoms with E-state index in [4.69, 9.17) is 4.74 Å². The summed E-state index contributed by atoms with van der Waals surface area (Å²) in [5.74, 6) is -0.924. The Hall–Kier alpha value is -2.13. The zero-order chi connectivity index (χ0) is 24.6. The molecule has 4 nitrogen and oxygen atoms in total. The summed E-state index contributed by atoms with van der Waals surface area (Å²) < 4.78 is 46.1. The summed E-state index contributed by atoms with van der Waals surface area (Å²) in [4.78, 5) is 4.66. The van der Waals surface area contributed by atoms with Crippen molar-refractivity contribution in [1.82, 2.24) is 9.80 Å². The molecule has 1 aliphatic heterocycles. The van der Waals surface area contributed by atoms with E-state index in [-0.39, 0.29) is 42.3 Å². The lowest BCUT2D eigenvalue weighted by atomic mass is 10.0. The van der Waals surface area contributed by atoms with Crippen LogP contribution in [0, 0.1) is 17.5 Å². The van der Waals surface area contributed by atoms with Crippen LogP contribution in [0.1, 0.15) is 35.3 Å². The van der Waals surface area contributed by atoms with E-state index in [1.165, 1.54) is 36.4 Å². The maximum atomic E-state index is 13.4. The highest BCUT2D eigenvalue weighted by Crippen LogP contribution is 2.26. The Morgan fingerprint density at radius 1 is 0.622 bits per heavy atom. The van der Waals surface area contributed by atoms with Crippen LogP contribution in [-0.2, 0) is 4.74 Å². The molecular formula is C28H33Cl2F3N2O2. The molecule has 0 amide bonds. The predicted octanol–water partition coefficient (Wildman–Crippen LogP) is 5.79. The molecule has 0 saturated carbocycles. The van der Waals surface area contributed by atoms with Crippen LogP contribution < -0.4 is 0 Å². The van der Waals surface area contributed by atoms with Gasteiger partial charge in [0.05, 0.1) is 12.7 Å². The number of hydrogen-bond donors (Lipinski definition) is 1. The van der Waals surface area contributed by atoms with E-state index < -0.39 is 12.2 Å². The number of nitrogens with zero attached hydrogens (tertiary/aromatic N) is 2. The molecule has 1 saturated heterocycles. The summed E-state index contributed by atoms with van der Waals surface area (Å²) in [6, 6.07) is 18.4. The van der Waals surface area contributed by atoms with Crippen molar-refractivity contribution < 1.29 is 23.0 Å². The Morgan fingerprint density at radius 2 is 1.00 bits per heavy atom. The Balaban J connectivity index is 0.00000241. The molecule has 0 radical (unpaired) electrons. The number of halogens is 5. The lowest BCUT2D eigenvalue weighted by Crippen LogP contribution is -2.47. The van der Waals surface area contributed by atoms with E-state index >= 15 is 0 Å². The largest absolute Gasteiger partial charge is 0.388 e. The summed E-state index contributed by atoms with van der Waals surface area (Å²) in [6.45, 7) is 5.61. The molecule has 0 aromatic heterocycles. The summed E-state index contributed by atoms with van der Waals surface area (Å²) in [7, 11) is 0.